The molecule has 0 aliphatic rings. The van der Waals surface area contributed by atoms with Gasteiger partial charge in [-0.25, -0.2) is 4.98 Å². The van der Waals surface area contributed by atoms with Crippen LogP contribution in [0.15, 0.2) is 28.2 Å². The summed E-state index contributed by atoms with van der Waals surface area (Å²) in [5.41, 5.74) is 3.98. The quantitative estimate of drug-likeness (QED) is 0.931. The first-order valence-corrected chi connectivity index (χ1v) is 6.84. The summed E-state index contributed by atoms with van der Waals surface area (Å²) in [5, 5.41) is 3.37. The predicted molar refractivity (Wildman–Crippen MR) is 74.9 cm³/mol. The molecule has 3 nitrogen and oxygen atoms in total. The van der Waals surface area contributed by atoms with E-state index in [0.29, 0.717) is 0 Å². The second-order valence-corrected chi connectivity index (χ2v) is 5.35. The maximum absolute atomic E-state index is 5.20. The van der Waals surface area contributed by atoms with Gasteiger partial charge in [-0.3, -0.25) is 0 Å². The largest absolute Gasteiger partial charge is 0.497 e. The van der Waals surface area contributed by atoms with Crippen molar-refractivity contribution in [2.45, 2.75) is 13.5 Å². The van der Waals surface area contributed by atoms with Crippen LogP contribution < -0.4 is 10.1 Å². The Morgan fingerprint density at radius 3 is 2.94 bits per heavy atom. The van der Waals surface area contributed by atoms with Crippen molar-refractivity contribution in [3.63, 3.8) is 0 Å². The van der Waals surface area contributed by atoms with E-state index in [1.807, 2.05) is 30.6 Å². The summed E-state index contributed by atoms with van der Waals surface area (Å²) >= 11 is 5.18. The third-order valence-electron chi connectivity index (χ3n) is 2.46. The van der Waals surface area contributed by atoms with Crippen LogP contribution in [0.4, 0.5) is 5.69 Å². The standard InChI is InChI=1S/C12H13BrN2OS/c1-8-12(17-7-15-8)6-14-11-5-9(16-2)3-4-10(11)13/h3-5,7,14H,6H2,1-2H3. The Bertz CT molecular complexity index is 513. The molecule has 5 heteroatoms. The fourth-order valence-corrected chi connectivity index (χ4v) is 2.54. The van der Waals surface area contributed by atoms with Crippen LogP contribution in [-0.4, -0.2) is 12.1 Å². The molecule has 0 bridgehead atoms. The number of aryl methyl sites for hydroxylation is 1. The molecule has 0 radical (unpaired) electrons. The Labute approximate surface area is 113 Å². The molecule has 2 aromatic rings. The van der Waals surface area contributed by atoms with Crippen LogP contribution in [0.1, 0.15) is 10.6 Å². The summed E-state index contributed by atoms with van der Waals surface area (Å²) < 4.78 is 6.23. The summed E-state index contributed by atoms with van der Waals surface area (Å²) in [6.07, 6.45) is 0. The third-order valence-corrected chi connectivity index (χ3v) is 4.08. The van der Waals surface area contributed by atoms with Crippen molar-refractivity contribution < 1.29 is 4.74 Å². The monoisotopic (exact) mass is 312 g/mol. The van der Waals surface area contributed by atoms with Crippen LogP contribution in [0.5, 0.6) is 5.75 Å². The van der Waals surface area contributed by atoms with Gasteiger partial charge in [0.15, 0.2) is 0 Å². The van der Waals surface area contributed by atoms with Crippen LogP contribution in [0.2, 0.25) is 0 Å². The molecule has 0 spiro atoms. The van der Waals surface area contributed by atoms with E-state index in [-0.39, 0.29) is 0 Å². The molecule has 17 heavy (non-hydrogen) atoms. The van der Waals surface area contributed by atoms with Crippen molar-refractivity contribution in [1.29, 1.82) is 0 Å². The molecule has 0 saturated heterocycles. The maximum Gasteiger partial charge on any atom is 0.121 e. The normalized spacial score (nSPS) is 10.3. The number of nitrogens with one attached hydrogen (secondary N) is 1. The van der Waals surface area contributed by atoms with Gasteiger partial charge in [-0.1, -0.05) is 0 Å². The Hall–Kier alpha value is -1.07. The number of halogens is 1. The number of rotatable bonds is 4. The van der Waals surface area contributed by atoms with Gasteiger partial charge in [-0.15, -0.1) is 11.3 Å². The number of methoxy groups -OCH3 is 1. The van der Waals surface area contributed by atoms with Crippen molar-refractivity contribution in [3.8, 4) is 5.75 Å². The second-order valence-electron chi connectivity index (χ2n) is 3.56. The molecular formula is C12H13BrN2OS. The van der Waals surface area contributed by atoms with E-state index >= 15 is 0 Å². The van der Waals surface area contributed by atoms with Crippen LogP contribution in [0.25, 0.3) is 0 Å². The van der Waals surface area contributed by atoms with Gasteiger partial charge < -0.3 is 10.1 Å². The summed E-state index contributed by atoms with van der Waals surface area (Å²) in [6, 6.07) is 5.87. The lowest BCUT2D eigenvalue weighted by molar-refractivity contribution is 0.415. The van der Waals surface area contributed by atoms with E-state index in [1.54, 1.807) is 18.4 Å². The molecule has 1 heterocycles. The van der Waals surface area contributed by atoms with Crippen molar-refractivity contribution >= 4 is 33.0 Å². The highest BCUT2D eigenvalue weighted by atomic mass is 79.9. The van der Waals surface area contributed by atoms with Gasteiger partial charge >= 0.3 is 0 Å². The van der Waals surface area contributed by atoms with E-state index in [0.717, 1.165) is 28.1 Å². The predicted octanol–water partition coefficient (Wildman–Crippen LogP) is 3.83. The zero-order valence-electron chi connectivity index (χ0n) is 9.66. The zero-order chi connectivity index (χ0) is 12.3. The molecule has 1 aromatic heterocycles. The SMILES string of the molecule is COc1ccc(Br)c(NCc2scnc2C)c1. The summed E-state index contributed by atoms with van der Waals surface area (Å²) in [5.74, 6) is 0.844. The number of aromatic nitrogens is 1. The van der Waals surface area contributed by atoms with Gasteiger partial charge in [0.05, 0.1) is 30.5 Å². The van der Waals surface area contributed by atoms with Gasteiger partial charge in [0, 0.05) is 15.4 Å². The molecule has 0 unspecified atom stereocenters. The Morgan fingerprint density at radius 2 is 2.29 bits per heavy atom. The van der Waals surface area contributed by atoms with Crippen molar-refractivity contribution in [2.24, 2.45) is 0 Å². The smallest absolute Gasteiger partial charge is 0.121 e. The summed E-state index contributed by atoms with van der Waals surface area (Å²) in [6.45, 7) is 2.80. The first-order chi connectivity index (χ1) is 8.20. The number of nitrogens with zero attached hydrogens (tertiary/aromatic N) is 1. The molecule has 0 aliphatic heterocycles. The molecule has 1 N–H and O–H groups in total. The van der Waals surface area contributed by atoms with E-state index in [2.05, 4.69) is 26.2 Å². The molecule has 90 valence electrons. The Balaban J connectivity index is 2.11. The number of thiazole rings is 1. The number of hydrogen-bond donors (Lipinski definition) is 1. The van der Waals surface area contributed by atoms with Crippen molar-refractivity contribution in [2.75, 3.05) is 12.4 Å². The molecule has 0 amide bonds. The lowest BCUT2D eigenvalue weighted by Gasteiger charge is -2.09. The summed E-state index contributed by atoms with van der Waals surface area (Å²) in [7, 11) is 1.67. The van der Waals surface area contributed by atoms with E-state index in [1.165, 1.54) is 4.88 Å². The minimum Gasteiger partial charge on any atom is -0.497 e. The van der Waals surface area contributed by atoms with Crippen LogP contribution in [-0.2, 0) is 6.54 Å². The average molecular weight is 313 g/mol. The summed E-state index contributed by atoms with van der Waals surface area (Å²) in [4.78, 5) is 5.48. The second kappa shape index (κ2) is 5.51. The van der Waals surface area contributed by atoms with Crippen molar-refractivity contribution in [1.82, 2.24) is 4.98 Å². The van der Waals surface area contributed by atoms with Gasteiger partial charge in [-0.05, 0) is 35.0 Å². The fourth-order valence-electron chi connectivity index (χ4n) is 1.44. The highest BCUT2D eigenvalue weighted by Crippen LogP contribution is 2.28. The highest BCUT2D eigenvalue weighted by molar-refractivity contribution is 9.10. The van der Waals surface area contributed by atoms with Gasteiger partial charge in [0.25, 0.3) is 0 Å². The van der Waals surface area contributed by atoms with Gasteiger partial charge in [0.2, 0.25) is 0 Å². The average Bonchev–Trinajstić information content (AvgIpc) is 2.74. The minimum atomic E-state index is 0.780. The molecule has 1 aromatic carbocycles. The van der Waals surface area contributed by atoms with Crippen molar-refractivity contribution in [3.05, 3.63) is 38.8 Å². The fraction of sp³-hybridized carbons (Fsp3) is 0.250. The number of anilines is 1. The van der Waals surface area contributed by atoms with Crippen LogP contribution in [0.3, 0.4) is 0 Å². The molecule has 0 aliphatic carbocycles. The van der Waals surface area contributed by atoms with Crippen LogP contribution in [0, 0.1) is 6.92 Å². The molecule has 2 rings (SSSR count). The number of ether oxygens (including phenoxy) is 1. The van der Waals surface area contributed by atoms with Gasteiger partial charge in [0.1, 0.15) is 5.75 Å². The first kappa shape index (κ1) is 12.4. The van der Waals surface area contributed by atoms with Gasteiger partial charge in [-0.2, -0.15) is 0 Å². The lowest BCUT2D eigenvalue weighted by atomic mass is 10.3. The Morgan fingerprint density at radius 1 is 1.47 bits per heavy atom. The highest BCUT2D eigenvalue weighted by Gasteiger charge is 2.04. The Kier molecular flexibility index (Phi) is 4.02. The molecule has 0 saturated carbocycles. The first-order valence-electron chi connectivity index (χ1n) is 5.17. The number of hydrogen-bond acceptors (Lipinski definition) is 4. The van der Waals surface area contributed by atoms with E-state index in [9.17, 15) is 0 Å². The van der Waals surface area contributed by atoms with Crippen LogP contribution >= 0.6 is 27.3 Å². The van der Waals surface area contributed by atoms with E-state index in [4.69, 9.17) is 4.74 Å². The molecular weight excluding hydrogens is 300 g/mol. The third kappa shape index (κ3) is 2.98. The lowest BCUT2D eigenvalue weighted by Crippen LogP contribution is -2.00. The topological polar surface area (TPSA) is 34.1 Å². The maximum atomic E-state index is 5.20. The minimum absolute atomic E-state index is 0.780. The zero-order valence-corrected chi connectivity index (χ0v) is 12.1. The number of benzene rings is 1. The van der Waals surface area contributed by atoms with E-state index < -0.39 is 0 Å². The molecule has 0 fully saturated rings. The molecule has 0 atom stereocenters.